The number of hydrogen-bond acceptors (Lipinski definition) is 4. The molecule has 6 heteroatoms. The fraction of sp³-hybridized carbons (Fsp3) is 0. The lowest BCUT2D eigenvalue weighted by atomic mass is 10.1. The Bertz CT molecular complexity index is 694. The highest BCUT2D eigenvalue weighted by atomic mass is 19.1. The Morgan fingerprint density at radius 1 is 1.15 bits per heavy atom. The first kappa shape index (κ1) is 13.5. The number of nitrogens with two attached hydrogens (primary N) is 1. The molecular formula is C14H11FN4O. The van der Waals surface area contributed by atoms with Crippen LogP contribution in [0.4, 0.5) is 15.8 Å². The molecule has 0 fully saturated rings. The van der Waals surface area contributed by atoms with E-state index in [1.165, 1.54) is 12.1 Å². The highest BCUT2D eigenvalue weighted by Gasteiger charge is 2.14. The summed E-state index contributed by atoms with van der Waals surface area (Å²) in [6.45, 7) is 0. The van der Waals surface area contributed by atoms with Crippen molar-refractivity contribution in [2.24, 2.45) is 5.84 Å². The van der Waals surface area contributed by atoms with Crippen LogP contribution >= 0.6 is 0 Å². The monoisotopic (exact) mass is 270 g/mol. The van der Waals surface area contributed by atoms with E-state index in [1.807, 2.05) is 0 Å². The summed E-state index contributed by atoms with van der Waals surface area (Å²) in [6.07, 6.45) is 0. The summed E-state index contributed by atoms with van der Waals surface area (Å²) in [5.74, 6) is 4.15. The van der Waals surface area contributed by atoms with Gasteiger partial charge in [-0.25, -0.2) is 4.39 Å². The zero-order chi connectivity index (χ0) is 14.5. The van der Waals surface area contributed by atoms with Crippen molar-refractivity contribution in [3.8, 4) is 6.07 Å². The summed E-state index contributed by atoms with van der Waals surface area (Å²) in [5.41, 5.74) is 3.03. The van der Waals surface area contributed by atoms with Crippen molar-refractivity contribution in [1.29, 1.82) is 5.26 Å². The third-order valence-corrected chi connectivity index (χ3v) is 2.70. The molecule has 2 aromatic carbocycles. The number of halogens is 1. The van der Waals surface area contributed by atoms with Gasteiger partial charge in [0.05, 0.1) is 16.9 Å². The number of nitriles is 1. The van der Waals surface area contributed by atoms with E-state index < -0.39 is 11.7 Å². The summed E-state index contributed by atoms with van der Waals surface area (Å²) in [7, 11) is 0. The van der Waals surface area contributed by atoms with Crippen molar-refractivity contribution < 1.29 is 9.18 Å². The van der Waals surface area contributed by atoms with Gasteiger partial charge in [-0.2, -0.15) is 5.26 Å². The van der Waals surface area contributed by atoms with Crippen molar-refractivity contribution in [3.05, 3.63) is 59.4 Å². The predicted octanol–water partition coefficient (Wildman–Crippen LogP) is 2.24. The molecule has 0 saturated heterocycles. The number of hydrogen-bond donors (Lipinski definition) is 3. The molecule has 0 atom stereocenters. The van der Waals surface area contributed by atoms with Gasteiger partial charge in [0.15, 0.2) is 0 Å². The Kier molecular flexibility index (Phi) is 3.93. The second-order valence-electron chi connectivity index (χ2n) is 3.92. The third kappa shape index (κ3) is 2.58. The van der Waals surface area contributed by atoms with Crippen LogP contribution in [0, 0.1) is 17.1 Å². The number of rotatable bonds is 3. The van der Waals surface area contributed by atoms with E-state index in [1.54, 1.807) is 30.3 Å². The van der Waals surface area contributed by atoms with Crippen LogP contribution in [0.2, 0.25) is 0 Å². The van der Waals surface area contributed by atoms with Crippen LogP contribution in [-0.4, -0.2) is 5.91 Å². The minimum absolute atomic E-state index is 0.115. The number of nitrogens with one attached hydrogen (secondary N) is 2. The maximum absolute atomic E-state index is 13.4. The number of amides is 1. The van der Waals surface area contributed by atoms with Crippen molar-refractivity contribution in [3.63, 3.8) is 0 Å². The van der Waals surface area contributed by atoms with Crippen molar-refractivity contribution in [2.75, 3.05) is 10.7 Å². The van der Waals surface area contributed by atoms with Gasteiger partial charge in [-0.3, -0.25) is 10.6 Å². The van der Waals surface area contributed by atoms with Gasteiger partial charge in [-0.1, -0.05) is 18.2 Å². The number of carbonyl (C=O) groups is 1. The van der Waals surface area contributed by atoms with Gasteiger partial charge in [-0.05, 0) is 24.3 Å². The van der Waals surface area contributed by atoms with Crippen molar-refractivity contribution in [2.45, 2.75) is 0 Å². The van der Waals surface area contributed by atoms with E-state index in [2.05, 4.69) is 10.7 Å². The molecule has 0 aliphatic rings. The number of hydrazine groups is 1. The second-order valence-corrected chi connectivity index (χ2v) is 3.92. The molecule has 0 unspecified atom stereocenters. The van der Waals surface area contributed by atoms with E-state index in [4.69, 9.17) is 11.1 Å². The van der Waals surface area contributed by atoms with E-state index in [0.29, 0.717) is 11.3 Å². The molecule has 100 valence electrons. The van der Waals surface area contributed by atoms with Gasteiger partial charge in [0.1, 0.15) is 17.4 Å². The summed E-state index contributed by atoms with van der Waals surface area (Å²) in [5, 5.41) is 11.4. The largest absolute Gasteiger partial charge is 0.323 e. The lowest BCUT2D eigenvalue weighted by Crippen LogP contribution is -2.17. The molecular weight excluding hydrogens is 259 g/mol. The maximum Gasteiger partial charge on any atom is 0.257 e. The minimum Gasteiger partial charge on any atom is -0.323 e. The first-order valence-corrected chi connectivity index (χ1v) is 5.73. The Hall–Kier alpha value is -2.91. The molecule has 0 spiro atoms. The fourth-order valence-electron chi connectivity index (χ4n) is 1.74. The molecule has 2 aromatic rings. The first-order valence-electron chi connectivity index (χ1n) is 5.73. The molecule has 0 aromatic heterocycles. The Balaban J connectivity index is 2.34. The first-order chi connectivity index (χ1) is 9.67. The molecule has 0 bridgehead atoms. The summed E-state index contributed by atoms with van der Waals surface area (Å²) < 4.78 is 13.4. The molecule has 0 aliphatic heterocycles. The van der Waals surface area contributed by atoms with Gasteiger partial charge in [-0.15, -0.1) is 0 Å². The van der Waals surface area contributed by atoms with Crippen molar-refractivity contribution in [1.82, 2.24) is 0 Å². The van der Waals surface area contributed by atoms with Gasteiger partial charge >= 0.3 is 0 Å². The lowest BCUT2D eigenvalue weighted by molar-refractivity contribution is 0.102. The van der Waals surface area contributed by atoms with Crippen LogP contribution in [0.15, 0.2) is 42.5 Å². The Morgan fingerprint density at radius 2 is 1.85 bits per heavy atom. The number of benzene rings is 2. The average Bonchev–Trinajstić information content (AvgIpc) is 2.47. The fourth-order valence-corrected chi connectivity index (χ4v) is 1.74. The highest BCUT2D eigenvalue weighted by molar-refractivity contribution is 6.08. The van der Waals surface area contributed by atoms with Crippen LogP contribution < -0.4 is 16.6 Å². The molecule has 4 N–H and O–H groups in total. The van der Waals surface area contributed by atoms with Gasteiger partial charge < -0.3 is 10.7 Å². The molecule has 5 nitrogen and oxygen atoms in total. The van der Waals surface area contributed by atoms with Crippen LogP contribution in [0.25, 0.3) is 0 Å². The van der Waals surface area contributed by atoms with E-state index in [9.17, 15) is 9.18 Å². The van der Waals surface area contributed by atoms with Crippen molar-refractivity contribution >= 4 is 17.3 Å². The van der Waals surface area contributed by atoms with Crippen LogP contribution in [-0.2, 0) is 0 Å². The molecule has 20 heavy (non-hydrogen) atoms. The molecule has 2 rings (SSSR count). The number of carbonyl (C=O) groups excluding carboxylic acids is 1. The topological polar surface area (TPSA) is 90.9 Å². The van der Waals surface area contributed by atoms with E-state index in [0.717, 1.165) is 6.07 Å². The van der Waals surface area contributed by atoms with Gasteiger partial charge in [0.25, 0.3) is 5.91 Å². The summed E-state index contributed by atoms with van der Waals surface area (Å²) >= 11 is 0. The number of anilines is 2. The molecule has 0 saturated carbocycles. The lowest BCUT2D eigenvalue weighted by Gasteiger charge is -2.10. The van der Waals surface area contributed by atoms with E-state index in [-0.39, 0.29) is 11.3 Å². The third-order valence-electron chi connectivity index (χ3n) is 2.70. The van der Waals surface area contributed by atoms with Crippen LogP contribution in [0.1, 0.15) is 15.9 Å². The molecule has 0 aliphatic carbocycles. The standard InChI is InChI=1S/C14H11FN4O/c15-11-5-3-7-12(10(11)8-16)18-14(20)9-4-1-2-6-13(9)19-17/h1-7,19H,17H2,(H,18,20). The minimum atomic E-state index is -0.685. The van der Waals surface area contributed by atoms with Gasteiger partial charge in [0.2, 0.25) is 0 Å². The predicted molar refractivity (Wildman–Crippen MR) is 73.3 cm³/mol. The molecule has 0 heterocycles. The second kappa shape index (κ2) is 5.82. The van der Waals surface area contributed by atoms with Gasteiger partial charge in [0, 0.05) is 0 Å². The van der Waals surface area contributed by atoms with Crippen LogP contribution in [0.5, 0.6) is 0 Å². The SMILES string of the molecule is N#Cc1c(F)cccc1NC(=O)c1ccccc1NN. The summed E-state index contributed by atoms with van der Waals surface area (Å²) in [6, 6.07) is 12.3. The maximum atomic E-state index is 13.4. The quantitative estimate of drug-likeness (QED) is 0.589. The highest BCUT2D eigenvalue weighted by Crippen LogP contribution is 2.20. The number of para-hydroxylation sites is 1. The Morgan fingerprint density at radius 3 is 2.55 bits per heavy atom. The molecule has 0 radical (unpaired) electrons. The smallest absolute Gasteiger partial charge is 0.257 e. The van der Waals surface area contributed by atoms with E-state index >= 15 is 0 Å². The zero-order valence-electron chi connectivity index (χ0n) is 10.4. The summed E-state index contributed by atoms with van der Waals surface area (Å²) in [4.78, 5) is 12.1. The average molecular weight is 270 g/mol. The normalized spacial score (nSPS) is 9.65. The number of nitrogens with zero attached hydrogens (tertiary/aromatic N) is 1. The zero-order valence-corrected chi connectivity index (χ0v) is 10.4. The van der Waals surface area contributed by atoms with Crippen LogP contribution in [0.3, 0.4) is 0 Å². The number of nitrogen functional groups attached to an aromatic ring is 1. The Labute approximate surface area is 114 Å². The molecule has 1 amide bonds.